The molecule has 20 heavy (non-hydrogen) atoms. The maximum absolute atomic E-state index is 3.61. The van der Waals surface area contributed by atoms with Gasteiger partial charge in [-0.25, -0.2) is 0 Å². The Kier molecular flexibility index (Phi) is 5.65. The predicted molar refractivity (Wildman–Crippen MR) is 89.8 cm³/mol. The van der Waals surface area contributed by atoms with Crippen molar-refractivity contribution in [1.29, 1.82) is 0 Å². The molecule has 3 heteroatoms. The van der Waals surface area contributed by atoms with Crippen molar-refractivity contribution in [3.8, 4) is 0 Å². The summed E-state index contributed by atoms with van der Waals surface area (Å²) in [6.45, 7) is 9.58. The van der Waals surface area contributed by atoms with Crippen molar-refractivity contribution in [1.82, 2.24) is 10.2 Å². The van der Waals surface area contributed by atoms with Crippen molar-refractivity contribution >= 4 is 11.3 Å². The lowest BCUT2D eigenvalue weighted by Gasteiger charge is -2.44. The van der Waals surface area contributed by atoms with E-state index in [2.05, 4.69) is 50.2 Å². The van der Waals surface area contributed by atoms with Crippen molar-refractivity contribution < 1.29 is 0 Å². The molecule has 2 nitrogen and oxygen atoms in total. The zero-order valence-electron chi connectivity index (χ0n) is 13.5. The Morgan fingerprint density at radius 1 is 1.25 bits per heavy atom. The fraction of sp³-hybridized carbons (Fsp3) is 0.765. The molecule has 0 aliphatic carbocycles. The van der Waals surface area contributed by atoms with Gasteiger partial charge in [-0.15, -0.1) is 11.3 Å². The maximum atomic E-state index is 3.61. The van der Waals surface area contributed by atoms with Crippen LogP contribution >= 0.6 is 11.3 Å². The Bertz CT molecular complexity index is 409. The fourth-order valence-electron chi connectivity index (χ4n) is 3.47. The lowest BCUT2D eigenvalue weighted by Crippen LogP contribution is -2.58. The molecule has 0 aromatic carbocycles. The van der Waals surface area contributed by atoms with Crippen LogP contribution in [0.4, 0.5) is 0 Å². The zero-order chi connectivity index (χ0) is 14.6. The second-order valence-corrected chi connectivity index (χ2v) is 7.42. The van der Waals surface area contributed by atoms with E-state index >= 15 is 0 Å². The second kappa shape index (κ2) is 7.06. The van der Waals surface area contributed by atoms with Crippen LogP contribution < -0.4 is 5.32 Å². The average Bonchev–Trinajstić information content (AvgIpc) is 3.15. The Hall–Kier alpha value is -0.380. The van der Waals surface area contributed by atoms with Gasteiger partial charge in [0.15, 0.2) is 0 Å². The molecule has 1 N–H and O–H groups in total. The molecule has 1 aromatic rings. The van der Waals surface area contributed by atoms with Gasteiger partial charge in [-0.2, -0.15) is 0 Å². The monoisotopic (exact) mass is 294 g/mol. The highest BCUT2D eigenvalue weighted by Gasteiger charge is 2.38. The molecule has 2 rings (SSSR count). The van der Waals surface area contributed by atoms with E-state index in [0.717, 1.165) is 12.8 Å². The third kappa shape index (κ3) is 3.26. The number of nitrogens with zero attached hydrogens (tertiary/aromatic N) is 1. The summed E-state index contributed by atoms with van der Waals surface area (Å²) in [6, 6.07) is 5.16. The molecule has 0 saturated carbocycles. The molecule has 0 amide bonds. The summed E-state index contributed by atoms with van der Waals surface area (Å²) in [5, 5.41) is 3.61. The quantitative estimate of drug-likeness (QED) is 0.825. The Labute approximate surface area is 128 Å². The molecule has 0 bridgehead atoms. The molecule has 1 aliphatic rings. The van der Waals surface area contributed by atoms with E-state index < -0.39 is 0 Å². The largest absolute Gasteiger partial charge is 0.315 e. The van der Waals surface area contributed by atoms with Gasteiger partial charge in [0.2, 0.25) is 0 Å². The number of likely N-dealkylation sites (tertiary alicyclic amines) is 1. The zero-order valence-corrected chi connectivity index (χ0v) is 14.4. The maximum Gasteiger partial charge on any atom is 0.0335 e. The summed E-state index contributed by atoms with van der Waals surface area (Å²) in [5.74, 6) is 0. The number of likely N-dealkylation sites (N-methyl/N-ethyl adjacent to an activating group) is 1. The molecule has 2 atom stereocenters. The summed E-state index contributed by atoms with van der Waals surface area (Å²) in [4.78, 5) is 5.75. The van der Waals surface area contributed by atoms with Crippen LogP contribution in [-0.2, 0) is 12.8 Å². The molecule has 1 aromatic heterocycles. The summed E-state index contributed by atoms with van der Waals surface area (Å²) >= 11 is 1.99. The molecule has 114 valence electrons. The van der Waals surface area contributed by atoms with Crippen LogP contribution in [0.5, 0.6) is 0 Å². The van der Waals surface area contributed by atoms with Crippen LogP contribution in [0, 0.1) is 0 Å². The van der Waals surface area contributed by atoms with Crippen molar-refractivity contribution in [2.75, 3.05) is 20.1 Å². The Morgan fingerprint density at radius 3 is 2.40 bits per heavy atom. The van der Waals surface area contributed by atoms with Crippen LogP contribution in [0.25, 0.3) is 0 Å². The van der Waals surface area contributed by atoms with Gasteiger partial charge in [-0.3, -0.25) is 4.90 Å². The summed E-state index contributed by atoms with van der Waals surface area (Å²) in [5.41, 5.74) is 0.279. The minimum Gasteiger partial charge on any atom is -0.315 e. The van der Waals surface area contributed by atoms with Crippen molar-refractivity contribution in [3.63, 3.8) is 0 Å². The number of hydrogen-bond acceptors (Lipinski definition) is 3. The minimum absolute atomic E-state index is 0.279. The van der Waals surface area contributed by atoms with Crippen LogP contribution in [0.15, 0.2) is 12.1 Å². The number of rotatable bonds is 7. The third-order valence-electron chi connectivity index (χ3n) is 5.11. The van der Waals surface area contributed by atoms with Gasteiger partial charge in [-0.1, -0.05) is 13.8 Å². The highest BCUT2D eigenvalue weighted by atomic mass is 32.1. The normalized spacial score (nSPS) is 21.0. The van der Waals surface area contributed by atoms with E-state index in [1.54, 1.807) is 0 Å². The first-order valence-corrected chi connectivity index (χ1v) is 8.95. The minimum atomic E-state index is 0.279. The van der Waals surface area contributed by atoms with Gasteiger partial charge in [0.1, 0.15) is 0 Å². The first kappa shape index (κ1) is 16.0. The first-order chi connectivity index (χ1) is 9.63. The van der Waals surface area contributed by atoms with Crippen LogP contribution in [0.2, 0.25) is 0 Å². The molecule has 1 aliphatic heterocycles. The number of thiophene rings is 1. The lowest BCUT2D eigenvalue weighted by molar-refractivity contribution is 0.0876. The molecule has 1 saturated heterocycles. The molecule has 2 unspecified atom stereocenters. The lowest BCUT2D eigenvalue weighted by atomic mass is 9.85. The van der Waals surface area contributed by atoms with Crippen molar-refractivity contribution in [2.45, 2.75) is 64.5 Å². The van der Waals surface area contributed by atoms with E-state index in [1.165, 1.54) is 42.1 Å². The Morgan fingerprint density at radius 2 is 1.90 bits per heavy atom. The topological polar surface area (TPSA) is 15.3 Å². The highest BCUT2D eigenvalue weighted by Crippen LogP contribution is 2.31. The van der Waals surface area contributed by atoms with Crippen LogP contribution in [0.3, 0.4) is 0 Å². The summed E-state index contributed by atoms with van der Waals surface area (Å²) < 4.78 is 0. The molecular formula is C17H30N2S. The smallest absolute Gasteiger partial charge is 0.0335 e. The van der Waals surface area contributed by atoms with Crippen LogP contribution in [0.1, 0.15) is 49.8 Å². The van der Waals surface area contributed by atoms with Crippen LogP contribution in [-0.4, -0.2) is 36.6 Å². The second-order valence-electron chi connectivity index (χ2n) is 6.17. The Balaban J connectivity index is 2.11. The molecule has 1 fully saturated rings. The third-order valence-corrected chi connectivity index (χ3v) is 6.37. The van der Waals surface area contributed by atoms with Gasteiger partial charge in [0.25, 0.3) is 0 Å². The molecule has 2 heterocycles. The van der Waals surface area contributed by atoms with Gasteiger partial charge in [0.05, 0.1) is 0 Å². The van der Waals surface area contributed by atoms with E-state index in [4.69, 9.17) is 0 Å². The van der Waals surface area contributed by atoms with E-state index in [1.807, 2.05) is 11.3 Å². The molecular weight excluding hydrogens is 264 g/mol. The summed E-state index contributed by atoms with van der Waals surface area (Å²) in [6.07, 6.45) is 6.26. The van der Waals surface area contributed by atoms with Gasteiger partial charge < -0.3 is 5.32 Å². The van der Waals surface area contributed by atoms with E-state index in [-0.39, 0.29) is 5.54 Å². The first-order valence-electron chi connectivity index (χ1n) is 8.14. The highest BCUT2D eigenvalue weighted by molar-refractivity contribution is 7.11. The van der Waals surface area contributed by atoms with E-state index in [0.29, 0.717) is 6.04 Å². The molecule has 0 radical (unpaired) electrons. The fourth-order valence-corrected chi connectivity index (χ4v) is 4.48. The standard InChI is InChI=1S/C17H30N2S/c1-5-14-9-10-15(20-14)13-16(18-4)17(3,6-2)19-11-7-8-12-19/h9-10,16,18H,5-8,11-13H2,1-4H3. The van der Waals surface area contributed by atoms with Gasteiger partial charge in [0, 0.05) is 21.3 Å². The molecule has 0 spiro atoms. The van der Waals surface area contributed by atoms with Gasteiger partial charge >= 0.3 is 0 Å². The average molecular weight is 295 g/mol. The number of nitrogens with one attached hydrogen (secondary N) is 1. The number of hydrogen-bond donors (Lipinski definition) is 1. The van der Waals surface area contributed by atoms with Gasteiger partial charge in [-0.05, 0) is 71.3 Å². The number of aryl methyl sites for hydroxylation is 1. The van der Waals surface area contributed by atoms with Crippen molar-refractivity contribution in [2.24, 2.45) is 0 Å². The van der Waals surface area contributed by atoms with E-state index in [9.17, 15) is 0 Å². The van der Waals surface area contributed by atoms with Crippen molar-refractivity contribution in [3.05, 3.63) is 21.9 Å². The predicted octanol–water partition coefficient (Wildman–Crippen LogP) is 3.71. The summed E-state index contributed by atoms with van der Waals surface area (Å²) in [7, 11) is 2.13. The SMILES string of the molecule is CCc1ccc(CC(NC)C(C)(CC)N2CCCC2)s1.